The van der Waals surface area contributed by atoms with E-state index in [0.717, 1.165) is 23.7 Å². The molecule has 1 saturated heterocycles. The predicted molar refractivity (Wildman–Crippen MR) is 155 cm³/mol. The Kier molecular flexibility index (Phi) is 7.36. The molecule has 0 bridgehead atoms. The average molecular weight is 620 g/mol. The van der Waals surface area contributed by atoms with Crippen molar-refractivity contribution in [3.05, 3.63) is 57.9 Å². The fraction of sp³-hybridized carbons (Fsp3) is 0.346. The number of nitrogens with two attached hydrogens (primary N) is 1. The molecule has 42 heavy (non-hydrogen) atoms. The normalized spacial score (nSPS) is 14.8. The van der Waals surface area contributed by atoms with Crippen LogP contribution in [0.2, 0.25) is 0 Å². The van der Waals surface area contributed by atoms with Crippen molar-refractivity contribution in [1.82, 2.24) is 24.1 Å². The summed E-state index contributed by atoms with van der Waals surface area (Å²) in [5, 5.41) is 4.47. The summed E-state index contributed by atoms with van der Waals surface area (Å²) in [6.45, 7) is 2.77. The number of sulfone groups is 1. The molecule has 0 spiro atoms. The molecule has 0 aliphatic carbocycles. The number of piperazine rings is 1. The number of furan rings is 1. The van der Waals surface area contributed by atoms with Gasteiger partial charge in [0.1, 0.15) is 22.8 Å². The van der Waals surface area contributed by atoms with Crippen molar-refractivity contribution in [2.45, 2.75) is 6.54 Å². The number of hydrogen-bond acceptors (Lipinski definition) is 11. The smallest absolute Gasteiger partial charge is 0.309 e. The van der Waals surface area contributed by atoms with E-state index >= 15 is 0 Å². The van der Waals surface area contributed by atoms with E-state index in [4.69, 9.17) is 14.9 Å². The van der Waals surface area contributed by atoms with Gasteiger partial charge in [0.25, 0.3) is 0 Å². The summed E-state index contributed by atoms with van der Waals surface area (Å²) in [6, 6.07) is 7.38. The van der Waals surface area contributed by atoms with Gasteiger partial charge in [0.2, 0.25) is 5.95 Å². The highest BCUT2D eigenvalue weighted by molar-refractivity contribution is 7.90. The van der Waals surface area contributed by atoms with Gasteiger partial charge in [-0.3, -0.25) is 14.3 Å². The lowest BCUT2D eigenvalue weighted by atomic mass is 10.2. The predicted octanol–water partition coefficient (Wildman–Crippen LogP) is 2.47. The van der Waals surface area contributed by atoms with E-state index in [1.165, 1.54) is 10.6 Å². The number of fused-ring (bicyclic) bond motifs is 3. The van der Waals surface area contributed by atoms with Gasteiger partial charge in [0.15, 0.2) is 32.8 Å². The average Bonchev–Trinajstić information content (AvgIpc) is 3.68. The Bertz CT molecular complexity index is 1930. The third-order valence-electron chi connectivity index (χ3n) is 7.09. The molecule has 0 unspecified atom stereocenters. The van der Waals surface area contributed by atoms with E-state index in [0.29, 0.717) is 66.6 Å². The van der Waals surface area contributed by atoms with E-state index in [1.807, 2.05) is 6.07 Å². The van der Waals surface area contributed by atoms with Crippen LogP contribution in [0.25, 0.3) is 27.3 Å². The summed E-state index contributed by atoms with van der Waals surface area (Å²) in [6.07, 6.45) is 2.61. The van der Waals surface area contributed by atoms with Crippen molar-refractivity contribution in [2.75, 3.05) is 62.0 Å². The number of nitrogen functional groups attached to an aromatic ring is 1. The highest BCUT2D eigenvalue weighted by atomic mass is 32.2. The van der Waals surface area contributed by atoms with Gasteiger partial charge in [-0.2, -0.15) is 14.6 Å². The summed E-state index contributed by atoms with van der Waals surface area (Å²) in [5.41, 5.74) is 8.11. The molecule has 4 aromatic heterocycles. The zero-order valence-electron chi connectivity index (χ0n) is 22.5. The van der Waals surface area contributed by atoms with Crippen molar-refractivity contribution >= 4 is 48.7 Å². The number of hydrogen-bond donors (Lipinski definition) is 1. The van der Waals surface area contributed by atoms with Gasteiger partial charge in [-0.1, -0.05) is 11.3 Å². The second-order valence-corrected chi connectivity index (χ2v) is 13.2. The molecule has 2 N–H and O–H groups in total. The molecule has 222 valence electrons. The lowest BCUT2D eigenvalue weighted by molar-refractivity contribution is 0.247. The number of ether oxygens (including phenoxy) is 1. The minimum absolute atomic E-state index is 0.150. The van der Waals surface area contributed by atoms with E-state index in [9.17, 15) is 22.0 Å². The number of thiazole rings is 1. The van der Waals surface area contributed by atoms with E-state index in [-0.39, 0.29) is 34.6 Å². The molecule has 0 saturated carbocycles. The molecule has 16 heteroatoms. The van der Waals surface area contributed by atoms with Crippen LogP contribution >= 0.6 is 11.3 Å². The summed E-state index contributed by atoms with van der Waals surface area (Å²) in [7, 11) is -3.28. The van der Waals surface area contributed by atoms with Gasteiger partial charge in [0, 0.05) is 57.7 Å². The largest absolute Gasteiger partial charge is 0.489 e. The van der Waals surface area contributed by atoms with Crippen LogP contribution in [-0.4, -0.2) is 83.8 Å². The van der Waals surface area contributed by atoms with Crippen molar-refractivity contribution in [3.8, 4) is 17.2 Å². The lowest BCUT2D eigenvalue weighted by Crippen LogP contribution is -2.47. The first kappa shape index (κ1) is 28.1. The number of rotatable bonds is 9. The number of aromatic nitrogens is 4. The van der Waals surface area contributed by atoms with Crippen LogP contribution < -0.4 is 20.2 Å². The monoisotopic (exact) mass is 619 g/mol. The van der Waals surface area contributed by atoms with Crippen LogP contribution in [0.15, 0.2) is 45.8 Å². The first-order chi connectivity index (χ1) is 20.1. The van der Waals surface area contributed by atoms with Crippen molar-refractivity contribution < 1.29 is 26.4 Å². The zero-order chi connectivity index (χ0) is 29.6. The summed E-state index contributed by atoms with van der Waals surface area (Å²) >= 11 is 1.08. The standard InChI is InChI=1S/C26H27F2N7O5S2/c1-42(37,38)12-11-40-22-15-19(16(27)13-17(22)28)33-7-4-32(5-8-33)6-9-34-24-23(41-26(34)36)20-14-18(21-3-2-10-39-21)31-35(20)25(29)30-24/h2-3,10,13-15H,4-9,11-12H2,1H3,(H2,29,30). The molecule has 12 nitrogen and oxygen atoms in total. The third-order valence-corrected chi connectivity index (χ3v) is 8.99. The molecular formula is C26H27F2N7O5S2. The fourth-order valence-corrected chi connectivity index (χ4v) is 6.26. The second-order valence-electron chi connectivity index (χ2n) is 9.99. The van der Waals surface area contributed by atoms with Gasteiger partial charge >= 0.3 is 4.87 Å². The van der Waals surface area contributed by atoms with Crippen molar-refractivity contribution in [2.24, 2.45) is 0 Å². The summed E-state index contributed by atoms with van der Waals surface area (Å²) in [5.74, 6) is -1.36. The van der Waals surface area contributed by atoms with Gasteiger partial charge in [-0.15, -0.1) is 0 Å². The molecule has 0 radical (unpaired) electrons. The summed E-state index contributed by atoms with van der Waals surface area (Å²) < 4.78 is 66.1. The van der Waals surface area contributed by atoms with Gasteiger partial charge in [-0.05, 0) is 18.2 Å². The summed E-state index contributed by atoms with van der Waals surface area (Å²) in [4.78, 5) is 21.2. The maximum absolute atomic E-state index is 14.7. The Morgan fingerprint density at radius 2 is 1.90 bits per heavy atom. The van der Waals surface area contributed by atoms with Gasteiger partial charge in [-0.25, -0.2) is 17.2 Å². The van der Waals surface area contributed by atoms with Gasteiger partial charge in [0.05, 0.1) is 23.2 Å². The zero-order valence-corrected chi connectivity index (χ0v) is 24.1. The van der Waals surface area contributed by atoms with Crippen LogP contribution in [0.4, 0.5) is 20.4 Å². The SMILES string of the molecule is CS(=O)(=O)CCOc1cc(N2CCN(CCn3c(=O)sc4c3nc(N)n3nc(-c5ccco5)cc43)CC2)c(F)cc1F. The Morgan fingerprint density at radius 1 is 1.12 bits per heavy atom. The quantitative estimate of drug-likeness (QED) is 0.262. The van der Waals surface area contributed by atoms with Crippen LogP contribution in [0.3, 0.4) is 0 Å². The second kappa shape index (κ2) is 11.0. The lowest BCUT2D eigenvalue weighted by Gasteiger charge is -2.36. The minimum Gasteiger partial charge on any atom is -0.489 e. The highest BCUT2D eigenvalue weighted by Crippen LogP contribution is 2.30. The molecular weight excluding hydrogens is 592 g/mol. The first-order valence-electron chi connectivity index (χ1n) is 13.1. The van der Waals surface area contributed by atoms with Crippen LogP contribution in [-0.2, 0) is 16.4 Å². The van der Waals surface area contributed by atoms with Crippen molar-refractivity contribution in [3.63, 3.8) is 0 Å². The van der Waals surface area contributed by atoms with Crippen LogP contribution in [0, 0.1) is 11.6 Å². The van der Waals surface area contributed by atoms with E-state index < -0.39 is 21.5 Å². The Labute approximate surface area is 242 Å². The van der Waals surface area contributed by atoms with E-state index in [2.05, 4.69) is 15.0 Å². The van der Waals surface area contributed by atoms with E-state index in [1.54, 1.807) is 27.9 Å². The maximum atomic E-state index is 14.7. The fourth-order valence-electron chi connectivity index (χ4n) is 4.92. The number of anilines is 2. The molecule has 0 atom stereocenters. The minimum atomic E-state index is -3.28. The Balaban J connectivity index is 1.13. The van der Waals surface area contributed by atoms with Gasteiger partial charge < -0.3 is 19.8 Å². The molecule has 1 aliphatic heterocycles. The van der Waals surface area contributed by atoms with Crippen LogP contribution in [0.5, 0.6) is 5.75 Å². The molecule has 1 aliphatic rings. The first-order valence-corrected chi connectivity index (χ1v) is 15.9. The highest BCUT2D eigenvalue weighted by Gasteiger charge is 2.23. The molecule has 6 rings (SSSR count). The number of benzene rings is 1. The number of halogens is 2. The molecule has 1 aromatic carbocycles. The molecule has 0 amide bonds. The topological polar surface area (TPSA) is 141 Å². The molecule has 5 heterocycles. The van der Waals surface area contributed by atoms with Crippen molar-refractivity contribution in [1.29, 1.82) is 0 Å². The van der Waals surface area contributed by atoms with Crippen LogP contribution in [0.1, 0.15) is 0 Å². The molecule has 5 aromatic rings. The maximum Gasteiger partial charge on any atom is 0.309 e. The Morgan fingerprint density at radius 3 is 2.62 bits per heavy atom. The molecule has 1 fully saturated rings. The third kappa shape index (κ3) is 5.56. The number of nitrogens with zero attached hydrogens (tertiary/aromatic N) is 6. The Hall–Kier alpha value is -4.02.